The van der Waals surface area contributed by atoms with E-state index < -0.39 is 32.5 Å². The number of carbonyl (C=O) groups excluding carboxylic acids is 1. The third kappa shape index (κ3) is 6.87. The lowest BCUT2D eigenvalue weighted by atomic mass is 10.2. The van der Waals surface area contributed by atoms with Crippen molar-refractivity contribution in [2.75, 3.05) is 62.4 Å². The fraction of sp³-hybridized carbons (Fsp3) is 0.435. The van der Waals surface area contributed by atoms with Gasteiger partial charge in [0.1, 0.15) is 18.0 Å². The molecule has 0 saturated carbocycles. The molecule has 0 unspecified atom stereocenters. The number of carbonyl (C=O) groups is 1. The number of nitrogens with one attached hydrogen (secondary N) is 1. The molecule has 1 heterocycles. The number of nitrogens with zero attached hydrogens (tertiary/aromatic N) is 2. The predicted molar refractivity (Wildman–Crippen MR) is 136 cm³/mol. The van der Waals surface area contributed by atoms with Gasteiger partial charge in [-0.3, -0.25) is 9.10 Å². The summed E-state index contributed by atoms with van der Waals surface area (Å²) in [7, 11) is -6.25. The second kappa shape index (κ2) is 11.9. The van der Waals surface area contributed by atoms with E-state index in [1.807, 2.05) is 6.92 Å². The summed E-state index contributed by atoms with van der Waals surface area (Å²) in [5.74, 6) is 0.139. The Morgan fingerprint density at radius 1 is 1.08 bits per heavy atom. The second-order valence-electron chi connectivity index (χ2n) is 8.04. The normalized spacial score (nSPS) is 14.8. The van der Waals surface area contributed by atoms with E-state index in [9.17, 15) is 21.6 Å². The van der Waals surface area contributed by atoms with Gasteiger partial charge in [0.2, 0.25) is 26.0 Å². The predicted octanol–water partition coefficient (Wildman–Crippen LogP) is 1.91. The number of ether oxygens (including phenoxy) is 3. The van der Waals surface area contributed by atoms with Crippen LogP contribution in [0.3, 0.4) is 0 Å². The van der Waals surface area contributed by atoms with Crippen LogP contribution in [0.5, 0.6) is 11.5 Å². The van der Waals surface area contributed by atoms with Gasteiger partial charge in [-0.15, -0.1) is 0 Å². The van der Waals surface area contributed by atoms with Crippen LogP contribution in [0.15, 0.2) is 47.4 Å². The van der Waals surface area contributed by atoms with E-state index >= 15 is 0 Å². The minimum Gasteiger partial charge on any atom is -0.495 e. The molecular formula is C23H31N3O8S2. The number of hydrogen-bond acceptors (Lipinski definition) is 8. The first-order valence-electron chi connectivity index (χ1n) is 11.3. The summed E-state index contributed by atoms with van der Waals surface area (Å²) in [4.78, 5) is 12.9. The van der Waals surface area contributed by atoms with Crippen LogP contribution in [-0.4, -0.2) is 79.9 Å². The van der Waals surface area contributed by atoms with E-state index in [0.29, 0.717) is 25.6 Å². The number of rotatable bonds is 11. The van der Waals surface area contributed by atoms with Crippen LogP contribution < -0.4 is 19.1 Å². The number of hydrogen-bond donors (Lipinski definition) is 1. The SMILES string of the molecule is CCCOc1ccc(N(CC(=O)Nc2cc(S(=O)(=O)N3CCOCC3)ccc2OC)S(C)(=O)=O)cc1. The summed E-state index contributed by atoms with van der Waals surface area (Å²) in [6.07, 6.45) is 1.83. The number of amides is 1. The molecule has 2 aromatic rings. The molecule has 1 fully saturated rings. The van der Waals surface area contributed by atoms with Gasteiger partial charge in [-0.1, -0.05) is 6.92 Å². The highest BCUT2D eigenvalue weighted by Crippen LogP contribution is 2.30. The number of methoxy groups -OCH3 is 1. The summed E-state index contributed by atoms with van der Waals surface area (Å²) in [5, 5.41) is 2.59. The lowest BCUT2D eigenvalue weighted by Crippen LogP contribution is -2.40. The van der Waals surface area contributed by atoms with Crippen molar-refractivity contribution in [1.82, 2.24) is 4.31 Å². The molecule has 0 radical (unpaired) electrons. The van der Waals surface area contributed by atoms with Crippen LogP contribution >= 0.6 is 0 Å². The third-order valence-electron chi connectivity index (χ3n) is 5.34. The Kier molecular flexibility index (Phi) is 9.17. The zero-order chi connectivity index (χ0) is 26.3. The van der Waals surface area contributed by atoms with E-state index in [4.69, 9.17) is 14.2 Å². The summed E-state index contributed by atoms with van der Waals surface area (Å²) in [6.45, 7) is 3.01. The molecule has 0 aromatic heterocycles. The van der Waals surface area contributed by atoms with Gasteiger partial charge in [-0.05, 0) is 48.9 Å². The van der Waals surface area contributed by atoms with Crippen molar-refractivity contribution in [1.29, 1.82) is 0 Å². The van der Waals surface area contributed by atoms with E-state index in [1.165, 1.54) is 29.6 Å². The minimum atomic E-state index is -3.82. The number of benzene rings is 2. The average Bonchev–Trinajstić information content (AvgIpc) is 2.86. The Bertz CT molecular complexity index is 1260. The van der Waals surface area contributed by atoms with Crippen molar-refractivity contribution in [2.45, 2.75) is 18.2 Å². The van der Waals surface area contributed by atoms with Crippen molar-refractivity contribution < 1.29 is 35.8 Å². The molecule has 1 amide bonds. The van der Waals surface area contributed by atoms with E-state index in [0.717, 1.165) is 17.0 Å². The van der Waals surface area contributed by atoms with Crippen LogP contribution in [0.25, 0.3) is 0 Å². The van der Waals surface area contributed by atoms with Crippen molar-refractivity contribution in [2.24, 2.45) is 0 Å². The van der Waals surface area contributed by atoms with Gasteiger partial charge in [0.15, 0.2) is 0 Å². The Balaban J connectivity index is 1.81. The highest BCUT2D eigenvalue weighted by Gasteiger charge is 2.28. The highest BCUT2D eigenvalue weighted by molar-refractivity contribution is 7.92. The quantitative estimate of drug-likeness (QED) is 0.456. The first-order valence-corrected chi connectivity index (χ1v) is 14.6. The lowest BCUT2D eigenvalue weighted by Gasteiger charge is -2.26. The highest BCUT2D eigenvalue weighted by atomic mass is 32.2. The van der Waals surface area contributed by atoms with Gasteiger partial charge >= 0.3 is 0 Å². The molecule has 36 heavy (non-hydrogen) atoms. The molecule has 1 saturated heterocycles. The summed E-state index contributed by atoms with van der Waals surface area (Å²) in [6, 6.07) is 10.5. The van der Waals surface area contributed by atoms with Crippen molar-refractivity contribution in [3.05, 3.63) is 42.5 Å². The summed E-state index contributed by atoms with van der Waals surface area (Å²) < 4.78 is 69.3. The Labute approximate surface area is 212 Å². The molecule has 1 N–H and O–H groups in total. The first kappa shape index (κ1) is 27.7. The molecule has 198 valence electrons. The number of morpholine rings is 1. The van der Waals surface area contributed by atoms with Crippen molar-refractivity contribution >= 4 is 37.3 Å². The van der Waals surface area contributed by atoms with Crippen molar-refractivity contribution in [3.63, 3.8) is 0 Å². The van der Waals surface area contributed by atoms with Gasteiger partial charge in [-0.25, -0.2) is 16.8 Å². The van der Waals surface area contributed by atoms with E-state index in [1.54, 1.807) is 24.3 Å². The maximum absolute atomic E-state index is 13.0. The molecule has 1 aliphatic rings. The average molecular weight is 542 g/mol. The summed E-state index contributed by atoms with van der Waals surface area (Å²) >= 11 is 0. The van der Waals surface area contributed by atoms with Crippen LogP contribution in [0.1, 0.15) is 13.3 Å². The Morgan fingerprint density at radius 2 is 1.75 bits per heavy atom. The summed E-state index contributed by atoms with van der Waals surface area (Å²) in [5.41, 5.74) is 0.390. The zero-order valence-corrected chi connectivity index (χ0v) is 22.1. The van der Waals surface area contributed by atoms with Crippen LogP contribution in [-0.2, 0) is 29.6 Å². The Hall–Kier alpha value is -2.87. The topological polar surface area (TPSA) is 132 Å². The van der Waals surface area contributed by atoms with Crippen molar-refractivity contribution in [3.8, 4) is 11.5 Å². The molecular weight excluding hydrogens is 510 g/mol. The van der Waals surface area contributed by atoms with Crippen LogP contribution in [0.4, 0.5) is 11.4 Å². The zero-order valence-electron chi connectivity index (χ0n) is 20.5. The standard InChI is InChI=1S/C23H31N3O8S2/c1-4-13-34-19-7-5-18(6-8-19)26(35(3,28)29)17-23(27)24-21-16-20(9-10-22(21)32-2)36(30,31)25-11-14-33-15-12-25/h5-10,16H,4,11-15,17H2,1-3H3,(H,24,27). The third-order valence-corrected chi connectivity index (χ3v) is 8.37. The van der Waals surface area contributed by atoms with Gasteiger partial charge in [0.05, 0.1) is 49.5 Å². The smallest absolute Gasteiger partial charge is 0.245 e. The van der Waals surface area contributed by atoms with E-state index in [2.05, 4.69) is 5.32 Å². The molecule has 0 atom stereocenters. The molecule has 1 aliphatic heterocycles. The first-order chi connectivity index (χ1) is 17.1. The molecule has 0 spiro atoms. The largest absolute Gasteiger partial charge is 0.495 e. The van der Waals surface area contributed by atoms with E-state index in [-0.39, 0.29) is 35.1 Å². The molecule has 13 heteroatoms. The fourth-order valence-electron chi connectivity index (χ4n) is 3.53. The molecule has 3 rings (SSSR count). The molecule has 0 bridgehead atoms. The minimum absolute atomic E-state index is 0.0249. The fourth-order valence-corrected chi connectivity index (χ4v) is 5.82. The molecule has 0 aliphatic carbocycles. The Morgan fingerprint density at radius 3 is 2.33 bits per heavy atom. The van der Waals surface area contributed by atoms with Crippen LogP contribution in [0.2, 0.25) is 0 Å². The van der Waals surface area contributed by atoms with Gasteiger partial charge < -0.3 is 19.5 Å². The monoisotopic (exact) mass is 541 g/mol. The van der Waals surface area contributed by atoms with Crippen LogP contribution in [0, 0.1) is 0 Å². The van der Waals surface area contributed by atoms with Gasteiger partial charge in [0, 0.05) is 13.1 Å². The lowest BCUT2D eigenvalue weighted by molar-refractivity contribution is -0.114. The van der Waals surface area contributed by atoms with Gasteiger partial charge in [0.25, 0.3) is 0 Å². The maximum atomic E-state index is 13.0. The van der Waals surface area contributed by atoms with Gasteiger partial charge in [-0.2, -0.15) is 4.31 Å². The maximum Gasteiger partial charge on any atom is 0.245 e. The number of sulfonamides is 2. The number of anilines is 2. The molecule has 2 aromatic carbocycles. The molecule has 11 nitrogen and oxygen atoms in total. The second-order valence-corrected chi connectivity index (χ2v) is 11.9.